The summed E-state index contributed by atoms with van der Waals surface area (Å²) in [4.78, 5) is 23.9. The molecule has 0 heterocycles. The fourth-order valence-electron chi connectivity index (χ4n) is 1.88. The van der Waals surface area contributed by atoms with Crippen LogP contribution in [0, 0.1) is 6.92 Å². The van der Waals surface area contributed by atoms with Gasteiger partial charge in [0, 0.05) is 5.69 Å². The lowest BCUT2D eigenvalue weighted by Crippen LogP contribution is -2.30. The fourth-order valence-corrected chi connectivity index (χ4v) is 1.88. The predicted octanol–water partition coefficient (Wildman–Crippen LogP) is 2.88. The number of rotatable bonds is 4. The number of hydrogen-bond acceptors (Lipinski definition) is 4. The summed E-state index contributed by atoms with van der Waals surface area (Å²) in [5.74, 6) is -1.12. The number of amides is 1. The van der Waals surface area contributed by atoms with Crippen molar-refractivity contribution in [3.8, 4) is 5.75 Å². The van der Waals surface area contributed by atoms with Gasteiger partial charge in [0.05, 0.1) is 5.56 Å². The van der Waals surface area contributed by atoms with Crippen LogP contribution >= 0.6 is 0 Å². The number of carbonyl (C=O) groups excluding carboxylic acids is 2. The molecule has 22 heavy (non-hydrogen) atoms. The second-order valence-electron chi connectivity index (χ2n) is 4.96. The van der Waals surface area contributed by atoms with Crippen LogP contribution in [-0.2, 0) is 9.53 Å². The SMILES string of the molecule is Cc1cccc(NC(=O)[C@H](C)OC(=O)c2cccc(O)c2)c1. The van der Waals surface area contributed by atoms with E-state index in [1.807, 2.05) is 25.1 Å². The van der Waals surface area contributed by atoms with Gasteiger partial charge in [0.2, 0.25) is 0 Å². The zero-order chi connectivity index (χ0) is 16.1. The summed E-state index contributed by atoms with van der Waals surface area (Å²) < 4.78 is 5.09. The molecule has 0 spiro atoms. The van der Waals surface area contributed by atoms with Gasteiger partial charge in [0.15, 0.2) is 6.10 Å². The molecule has 0 aliphatic rings. The van der Waals surface area contributed by atoms with Crippen LogP contribution < -0.4 is 5.32 Å². The second kappa shape index (κ2) is 6.76. The molecular weight excluding hydrogens is 282 g/mol. The van der Waals surface area contributed by atoms with Crippen molar-refractivity contribution in [2.45, 2.75) is 20.0 Å². The molecule has 2 N–H and O–H groups in total. The largest absolute Gasteiger partial charge is 0.508 e. The van der Waals surface area contributed by atoms with Crippen molar-refractivity contribution in [2.24, 2.45) is 0 Å². The van der Waals surface area contributed by atoms with Gasteiger partial charge in [-0.15, -0.1) is 0 Å². The van der Waals surface area contributed by atoms with E-state index in [9.17, 15) is 14.7 Å². The maximum Gasteiger partial charge on any atom is 0.339 e. The third kappa shape index (κ3) is 4.09. The quantitative estimate of drug-likeness (QED) is 0.851. The first-order chi connectivity index (χ1) is 10.5. The summed E-state index contributed by atoms with van der Waals surface area (Å²) in [5.41, 5.74) is 1.85. The lowest BCUT2D eigenvalue weighted by molar-refractivity contribution is -0.123. The Balaban J connectivity index is 1.98. The molecule has 0 unspecified atom stereocenters. The number of carbonyl (C=O) groups is 2. The molecule has 0 saturated carbocycles. The van der Waals surface area contributed by atoms with Gasteiger partial charge in [0.1, 0.15) is 5.75 Å². The standard InChI is InChI=1S/C17H17NO4/c1-11-5-3-7-14(9-11)18-16(20)12(2)22-17(21)13-6-4-8-15(19)10-13/h3-10,12,19H,1-2H3,(H,18,20)/t12-/m0/s1. The van der Waals surface area contributed by atoms with E-state index in [0.717, 1.165) is 5.56 Å². The number of esters is 1. The van der Waals surface area contributed by atoms with Gasteiger partial charge in [-0.25, -0.2) is 4.79 Å². The fraction of sp³-hybridized carbons (Fsp3) is 0.176. The van der Waals surface area contributed by atoms with Gasteiger partial charge < -0.3 is 15.2 Å². The lowest BCUT2D eigenvalue weighted by Gasteiger charge is -2.14. The second-order valence-corrected chi connectivity index (χ2v) is 4.96. The molecule has 0 bridgehead atoms. The minimum absolute atomic E-state index is 0.0358. The number of phenolic OH excluding ortho intramolecular Hbond substituents is 1. The molecule has 114 valence electrons. The summed E-state index contributed by atoms with van der Waals surface area (Å²) >= 11 is 0. The Morgan fingerprint density at radius 3 is 2.55 bits per heavy atom. The van der Waals surface area contributed by atoms with Gasteiger partial charge in [-0.05, 0) is 49.7 Å². The number of phenols is 1. The normalized spacial score (nSPS) is 11.5. The van der Waals surface area contributed by atoms with E-state index < -0.39 is 18.0 Å². The van der Waals surface area contributed by atoms with Crippen molar-refractivity contribution in [3.05, 3.63) is 59.7 Å². The van der Waals surface area contributed by atoms with Gasteiger partial charge in [-0.1, -0.05) is 18.2 Å². The molecule has 1 amide bonds. The topological polar surface area (TPSA) is 75.6 Å². The third-order valence-electron chi connectivity index (χ3n) is 3.02. The van der Waals surface area contributed by atoms with Gasteiger partial charge >= 0.3 is 5.97 Å². The molecule has 2 rings (SSSR count). The number of anilines is 1. The minimum atomic E-state index is -0.949. The van der Waals surface area contributed by atoms with Crippen molar-refractivity contribution in [1.29, 1.82) is 0 Å². The molecule has 0 fully saturated rings. The summed E-state index contributed by atoms with van der Waals surface area (Å²) in [7, 11) is 0. The highest BCUT2D eigenvalue weighted by Gasteiger charge is 2.19. The number of nitrogens with one attached hydrogen (secondary N) is 1. The maximum absolute atomic E-state index is 12.0. The Hall–Kier alpha value is -2.82. The summed E-state index contributed by atoms with van der Waals surface area (Å²) in [6, 6.07) is 13.1. The van der Waals surface area contributed by atoms with Crippen molar-refractivity contribution in [3.63, 3.8) is 0 Å². The lowest BCUT2D eigenvalue weighted by atomic mass is 10.2. The first-order valence-electron chi connectivity index (χ1n) is 6.83. The minimum Gasteiger partial charge on any atom is -0.508 e. The Labute approximate surface area is 128 Å². The monoisotopic (exact) mass is 299 g/mol. The molecule has 5 heteroatoms. The zero-order valence-electron chi connectivity index (χ0n) is 12.4. The van der Waals surface area contributed by atoms with E-state index in [2.05, 4.69) is 5.32 Å². The highest BCUT2D eigenvalue weighted by Crippen LogP contribution is 2.14. The molecule has 1 atom stereocenters. The highest BCUT2D eigenvalue weighted by molar-refractivity contribution is 5.97. The van der Waals surface area contributed by atoms with Crippen LogP contribution in [0.2, 0.25) is 0 Å². The van der Waals surface area contributed by atoms with Crippen LogP contribution in [0.5, 0.6) is 5.75 Å². The Morgan fingerprint density at radius 2 is 1.86 bits per heavy atom. The van der Waals surface area contributed by atoms with Crippen LogP contribution in [-0.4, -0.2) is 23.1 Å². The molecule has 0 aliphatic heterocycles. The summed E-state index contributed by atoms with van der Waals surface area (Å²) in [6.07, 6.45) is -0.949. The number of ether oxygens (including phenoxy) is 1. The van der Waals surface area contributed by atoms with E-state index in [1.54, 1.807) is 6.07 Å². The number of benzene rings is 2. The Kier molecular flexibility index (Phi) is 4.78. The van der Waals surface area contributed by atoms with Crippen LogP contribution in [0.1, 0.15) is 22.8 Å². The third-order valence-corrected chi connectivity index (χ3v) is 3.02. The number of aromatic hydroxyl groups is 1. The number of aryl methyl sites for hydroxylation is 1. The molecule has 2 aromatic rings. The van der Waals surface area contributed by atoms with Gasteiger partial charge in [-0.3, -0.25) is 4.79 Å². The molecule has 0 aromatic heterocycles. The first-order valence-corrected chi connectivity index (χ1v) is 6.83. The van der Waals surface area contributed by atoms with Crippen LogP contribution in [0.3, 0.4) is 0 Å². The van der Waals surface area contributed by atoms with Crippen molar-refractivity contribution < 1.29 is 19.4 Å². The molecule has 2 aromatic carbocycles. The van der Waals surface area contributed by atoms with Gasteiger partial charge in [-0.2, -0.15) is 0 Å². The van der Waals surface area contributed by atoms with E-state index in [1.165, 1.54) is 31.2 Å². The van der Waals surface area contributed by atoms with E-state index in [0.29, 0.717) is 5.69 Å². The van der Waals surface area contributed by atoms with Crippen LogP contribution in [0.15, 0.2) is 48.5 Å². The highest BCUT2D eigenvalue weighted by atomic mass is 16.5. The average molecular weight is 299 g/mol. The Bertz CT molecular complexity index is 697. The van der Waals surface area contributed by atoms with Crippen molar-refractivity contribution in [2.75, 3.05) is 5.32 Å². The van der Waals surface area contributed by atoms with Gasteiger partial charge in [0.25, 0.3) is 5.91 Å². The van der Waals surface area contributed by atoms with Crippen LogP contribution in [0.4, 0.5) is 5.69 Å². The smallest absolute Gasteiger partial charge is 0.339 e. The zero-order valence-corrected chi connectivity index (χ0v) is 12.4. The maximum atomic E-state index is 12.0. The van der Waals surface area contributed by atoms with E-state index >= 15 is 0 Å². The van der Waals surface area contributed by atoms with Crippen molar-refractivity contribution >= 4 is 17.6 Å². The number of hydrogen-bond donors (Lipinski definition) is 2. The molecule has 0 radical (unpaired) electrons. The molecule has 0 aliphatic carbocycles. The predicted molar refractivity (Wildman–Crippen MR) is 82.8 cm³/mol. The Morgan fingerprint density at radius 1 is 1.14 bits per heavy atom. The van der Waals surface area contributed by atoms with Crippen LogP contribution in [0.25, 0.3) is 0 Å². The molecule has 5 nitrogen and oxygen atoms in total. The molecular formula is C17H17NO4. The van der Waals surface area contributed by atoms with E-state index in [4.69, 9.17) is 4.74 Å². The first kappa shape index (κ1) is 15.6. The van der Waals surface area contributed by atoms with Crippen molar-refractivity contribution in [1.82, 2.24) is 0 Å². The molecule has 0 saturated heterocycles. The average Bonchev–Trinajstić information content (AvgIpc) is 2.47. The summed E-state index contributed by atoms with van der Waals surface area (Å²) in [6.45, 7) is 3.41. The summed E-state index contributed by atoms with van der Waals surface area (Å²) in [5, 5.41) is 12.0. The van der Waals surface area contributed by atoms with E-state index in [-0.39, 0.29) is 11.3 Å².